The van der Waals surface area contributed by atoms with E-state index in [2.05, 4.69) is 57.3 Å². The molecule has 178 valence electrons. The Bertz CT molecular complexity index is 1500. The number of hydrogen-bond acceptors (Lipinski definition) is 5. The van der Waals surface area contributed by atoms with Gasteiger partial charge in [-0.15, -0.1) is 10.2 Å². The topological polar surface area (TPSA) is 74.0 Å². The summed E-state index contributed by atoms with van der Waals surface area (Å²) in [5.74, 6) is 1.73. The van der Waals surface area contributed by atoms with Gasteiger partial charge in [-0.05, 0) is 62.4 Å². The van der Waals surface area contributed by atoms with E-state index in [1.54, 1.807) is 7.11 Å². The Hall–Kier alpha value is -3.78. The molecule has 0 bridgehead atoms. The molecule has 5 rings (SSSR count). The van der Waals surface area contributed by atoms with Gasteiger partial charge in [-0.2, -0.15) is 0 Å². The van der Waals surface area contributed by atoms with Crippen LogP contribution in [0.15, 0.2) is 71.9 Å². The Balaban J connectivity index is 1.31. The van der Waals surface area contributed by atoms with E-state index in [1.807, 2.05) is 47.9 Å². The molecule has 0 fully saturated rings. The molecule has 0 aliphatic heterocycles. The number of nitrogens with one attached hydrogen (secondary N) is 1. The van der Waals surface area contributed by atoms with Crippen LogP contribution in [0.3, 0.4) is 0 Å². The van der Waals surface area contributed by atoms with Gasteiger partial charge in [0.05, 0.1) is 12.9 Å². The first-order valence-corrected chi connectivity index (χ1v) is 12.6. The molecular formula is C27H27N5O2S. The molecule has 5 aromatic rings. The lowest BCUT2D eigenvalue weighted by atomic mass is 10.1. The van der Waals surface area contributed by atoms with E-state index < -0.39 is 0 Å². The fourth-order valence-corrected chi connectivity index (χ4v) is 5.24. The number of amides is 1. The first kappa shape index (κ1) is 23.0. The zero-order valence-corrected chi connectivity index (χ0v) is 20.8. The van der Waals surface area contributed by atoms with Crippen molar-refractivity contribution in [3.05, 3.63) is 66.7 Å². The minimum atomic E-state index is -0.0785. The number of anilines is 1. The smallest absolute Gasteiger partial charge is 0.234 e. The number of methoxy groups -OCH3 is 1. The predicted octanol–water partition coefficient (Wildman–Crippen LogP) is 5.83. The summed E-state index contributed by atoms with van der Waals surface area (Å²) in [5, 5.41) is 14.8. The Morgan fingerprint density at radius 1 is 0.914 bits per heavy atom. The minimum absolute atomic E-state index is 0.0785. The first-order valence-electron chi connectivity index (χ1n) is 11.6. The standard InChI is InChI=1S/C27H27N5O2S/c1-4-31-23-9-7-6-8-21(23)22-16-19(12-15-24(22)31)28-25(33)17-35-27-30-29-26(32(27)5-2)18-10-13-20(34-3)14-11-18/h6-16H,4-5,17H2,1-3H3,(H,28,33). The van der Waals surface area contributed by atoms with Crippen LogP contribution in [0.25, 0.3) is 33.2 Å². The molecule has 7 nitrogen and oxygen atoms in total. The van der Waals surface area contributed by atoms with Crippen LogP contribution in [0.2, 0.25) is 0 Å². The van der Waals surface area contributed by atoms with Gasteiger partial charge in [0, 0.05) is 46.1 Å². The number of para-hydroxylation sites is 1. The zero-order chi connectivity index (χ0) is 24.4. The summed E-state index contributed by atoms with van der Waals surface area (Å²) in [5.41, 5.74) is 4.12. The number of carbonyl (C=O) groups is 1. The van der Waals surface area contributed by atoms with Crippen molar-refractivity contribution in [2.75, 3.05) is 18.2 Å². The molecule has 0 saturated carbocycles. The van der Waals surface area contributed by atoms with Gasteiger partial charge < -0.3 is 19.2 Å². The highest BCUT2D eigenvalue weighted by Crippen LogP contribution is 2.31. The van der Waals surface area contributed by atoms with Gasteiger partial charge in [0.1, 0.15) is 5.75 Å². The Morgan fingerprint density at radius 2 is 1.66 bits per heavy atom. The number of aromatic nitrogens is 4. The second-order valence-electron chi connectivity index (χ2n) is 8.11. The highest BCUT2D eigenvalue weighted by atomic mass is 32.2. The Morgan fingerprint density at radius 3 is 2.40 bits per heavy atom. The number of nitrogens with zero attached hydrogens (tertiary/aromatic N) is 4. The first-order chi connectivity index (χ1) is 17.1. The summed E-state index contributed by atoms with van der Waals surface area (Å²) in [6, 6.07) is 22.2. The van der Waals surface area contributed by atoms with Gasteiger partial charge in [0.15, 0.2) is 11.0 Å². The summed E-state index contributed by atoms with van der Waals surface area (Å²) < 4.78 is 9.55. The van der Waals surface area contributed by atoms with Crippen molar-refractivity contribution in [1.29, 1.82) is 0 Å². The molecule has 1 amide bonds. The van der Waals surface area contributed by atoms with Gasteiger partial charge in [-0.3, -0.25) is 4.79 Å². The quantitative estimate of drug-likeness (QED) is 0.280. The fraction of sp³-hybridized carbons (Fsp3) is 0.222. The van der Waals surface area contributed by atoms with Crippen LogP contribution < -0.4 is 10.1 Å². The number of carbonyl (C=O) groups excluding carboxylic acids is 1. The number of aryl methyl sites for hydroxylation is 1. The van der Waals surface area contributed by atoms with Crippen molar-refractivity contribution in [1.82, 2.24) is 19.3 Å². The summed E-state index contributed by atoms with van der Waals surface area (Å²) in [7, 11) is 1.64. The number of ether oxygens (including phenoxy) is 1. The summed E-state index contributed by atoms with van der Waals surface area (Å²) in [6.45, 7) is 5.79. The molecule has 2 heterocycles. The van der Waals surface area contributed by atoms with E-state index >= 15 is 0 Å². The Labute approximate surface area is 208 Å². The van der Waals surface area contributed by atoms with Crippen LogP contribution >= 0.6 is 11.8 Å². The lowest BCUT2D eigenvalue weighted by Gasteiger charge is -2.09. The number of fused-ring (bicyclic) bond motifs is 3. The monoisotopic (exact) mass is 485 g/mol. The van der Waals surface area contributed by atoms with Gasteiger partial charge in [-0.25, -0.2) is 0 Å². The zero-order valence-electron chi connectivity index (χ0n) is 20.0. The van der Waals surface area contributed by atoms with Crippen LogP contribution in [0.1, 0.15) is 13.8 Å². The lowest BCUT2D eigenvalue weighted by Crippen LogP contribution is -2.14. The highest BCUT2D eigenvalue weighted by Gasteiger charge is 2.16. The predicted molar refractivity (Wildman–Crippen MR) is 142 cm³/mol. The molecule has 0 unspecified atom stereocenters. The van der Waals surface area contributed by atoms with Crippen LogP contribution in [0.4, 0.5) is 5.69 Å². The number of thioether (sulfide) groups is 1. The van der Waals surface area contributed by atoms with Crippen molar-refractivity contribution in [3.63, 3.8) is 0 Å². The van der Waals surface area contributed by atoms with E-state index in [9.17, 15) is 4.79 Å². The van der Waals surface area contributed by atoms with E-state index in [4.69, 9.17) is 4.74 Å². The van der Waals surface area contributed by atoms with Crippen LogP contribution in [-0.4, -0.2) is 38.1 Å². The third kappa shape index (κ3) is 4.37. The maximum Gasteiger partial charge on any atom is 0.234 e. The van der Waals surface area contributed by atoms with Crippen LogP contribution in [0, 0.1) is 0 Å². The summed E-state index contributed by atoms with van der Waals surface area (Å²) in [6.07, 6.45) is 0. The summed E-state index contributed by atoms with van der Waals surface area (Å²) in [4.78, 5) is 12.8. The molecule has 0 atom stereocenters. The van der Waals surface area contributed by atoms with Gasteiger partial charge in [-0.1, -0.05) is 30.0 Å². The van der Waals surface area contributed by atoms with E-state index in [0.29, 0.717) is 6.54 Å². The lowest BCUT2D eigenvalue weighted by molar-refractivity contribution is -0.113. The molecular weight excluding hydrogens is 458 g/mol. The van der Waals surface area contributed by atoms with Gasteiger partial charge in [0.2, 0.25) is 5.91 Å². The molecule has 0 aliphatic rings. The molecule has 35 heavy (non-hydrogen) atoms. The molecule has 2 aromatic heterocycles. The minimum Gasteiger partial charge on any atom is -0.497 e. The second kappa shape index (κ2) is 9.84. The molecule has 0 aliphatic carbocycles. The van der Waals surface area contributed by atoms with Crippen molar-refractivity contribution in [2.24, 2.45) is 0 Å². The SMILES string of the molecule is CCn1c(SCC(=O)Nc2ccc3c(c2)c2ccccc2n3CC)nnc1-c1ccc(OC)cc1. The number of rotatable bonds is 8. The van der Waals surface area contributed by atoms with Gasteiger partial charge in [0.25, 0.3) is 0 Å². The number of hydrogen-bond donors (Lipinski definition) is 1. The van der Waals surface area contributed by atoms with Crippen molar-refractivity contribution in [2.45, 2.75) is 32.1 Å². The molecule has 1 N–H and O–H groups in total. The fourth-order valence-electron chi connectivity index (χ4n) is 4.43. The second-order valence-corrected chi connectivity index (χ2v) is 9.05. The van der Waals surface area contributed by atoms with Crippen molar-refractivity contribution >= 4 is 45.2 Å². The Kier molecular flexibility index (Phi) is 6.46. The normalized spacial score (nSPS) is 11.3. The molecule has 3 aromatic carbocycles. The highest BCUT2D eigenvalue weighted by molar-refractivity contribution is 7.99. The molecule has 0 saturated heterocycles. The number of benzene rings is 3. The summed E-state index contributed by atoms with van der Waals surface area (Å²) >= 11 is 1.38. The van der Waals surface area contributed by atoms with Gasteiger partial charge >= 0.3 is 0 Å². The third-order valence-corrected chi connectivity index (χ3v) is 7.05. The van der Waals surface area contributed by atoms with Crippen LogP contribution in [0.5, 0.6) is 5.75 Å². The largest absolute Gasteiger partial charge is 0.497 e. The van der Waals surface area contributed by atoms with Crippen molar-refractivity contribution in [3.8, 4) is 17.1 Å². The molecule has 8 heteroatoms. The van der Waals surface area contributed by atoms with E-state index in [-0.39, 0.29) is 11.7 Å². The van der Waals surface area contributed by atoms with E-state index in [1.165, 1.54) is 28.2 Å². The molecule has 0 radical (unpaired) electrons. The maximum absolute atomic E-state index is 12.8. The van der Waals surface area contributed by atoms with Crippen LogP contribution in [-0.2, 0) is 17.9 Å². The maximum atomic E-state index is 12.8. The van der Waals surface area contributed by atoms with E-state index in [0.717, 1.165) is 39.9 Å². The van der Waals surface area contributed by atoms with Crippen molar-refractivity contribution < 1.29 is 9.53 Å². The molecule has 0 spiro atoms. The average molecular weight is 486 g/mol. The average Bonchev–Trinajstić information content (AvgIpc) is 3.45. The third-order valence-electron chi connectivity index (χ3n) is 6.09.